The zero-order valence-corrected chi connectivity index (χ0v) is 12.4. The normalized spacial score (nSPS) is 12.0. The summed E-state index contributed by atoms with van der Waals surface area (Å²) in [5, 5.41) is 19.4. The molecule has 0 aliphatic heterocycles. The summed E-state index contributed by atoms with van der Waals surface area (Å²) in [5.41, 5.74) is 0.435. The van der Waals surface area contributed by atoms with Crippen molar-refractivity contribution in [3.8, 4) is 0 Å². The van der Waals surface area contributed by atoms with Crippen LogP contribution < -0.4 is 0 Å². The van der Waals surface area contributed by atoms with E-state index in [2.05, 4.69) is 0 Å². The molecule has 0 bridgehead atoms. The molecule has 0 aliphatic carbocycles. The van der Waals surface area contributed by atoms with Gasteiger partial charge in [-0.05, 0) is 24.3 Å². The van der Waals surface area contributed by atoms with Crippen molar-refractivity contribution in [1.29, 1.82) is 0 Å². The lowest BCUT2D eigenvalue weighted by molar-refractivity contribution is 0.0698. The van der Waals surface area contributed by atoms with Crippen molar-refractivity contribution in [2.75, 3.05) is 19.7 Å². The Morgan fingerprint density at radius 1 is 1.47 bits per heavy atom. The van der Waals surface area contributed by atoms with Crippen LogP contribution in [0.5, 0.6) is 0 Å². The standard InChI is InChI=1S/C11H17NO5S2/c1-3-12(5-4-6-13)19(16,17)10-8(2)7-18-9(10)11(14)15/h7,13H,3-6H2,1-2H3,(H,14,15). The number of rotatable bonds is 7. The van der Waals surface area contributed by atoms with E-state index in [1.807, 2.05) is 0 Å². The van der Waals surface area contributed by atoms with E-state index in [1.165, 1.54) is 9.69 Å². The Bertz CT molecular complexity index is 549. The van der Waals surface area contributed by atoms with E-state index < -0.39 is 16.0 Å². The van der Waals surface area contributed by atoms with E-state index in [9.17, 15) is 13.2 Å². The number of aryl methyl sites for hydroxylation is 1. The van der Waals surface area contributed by atoms with E-state index in [1.54, 1.807) is 13.8 Å². The lowest BCUT2D eigenvalue weighted by Gasteiger charge is -2.20. The summed E-state index contributed by atoms with van der Waals surface area (Å²) in [6.45, 7) is 3.55. The van der Waals surface area contributed by atoms with Gasteiger partial charge < -0.3 is 10.2 Å². The third kappa shape index (κ3) is 3.33. The maximum absolute atomic E-state index is 12.5. The van der Waals surface area contributed by atoms with Crippen molar-refractivity contribution in [3.05, 3.63) is 15.8 Å². The Morgan fingerprint density at radius 3 is 2.58 bits per heavy atom. The molecule has 0 saturated heterocycles. The fourth-order valence-corrected chi connectivity index (χ4v) is 4.80. The highest BCUT2D eigenvalue weighted by atomic mass is 32.2. The predicted molar refractivity (Wildman–Crippen MR) is 72.2 cm³/mol. The van der Waals surface area contributed by atoms with Gasteiger partial charge in [0.2, 0.25) is 10.0 Å². The molecule has 2 N–H and O–H groups in total. The van der Waals surface area contributed by atoms with E-state index in [4.69, 9.17) is 10.2 Å². The number of hydrogen-bond acceptors (Lipinski definition) is 5. The molecular weight excluding hydrogens is 290 g/mol. The van der Waals surface area contributed by atoms with Crippen LogP contribution in [0.1, 0.15) is 28.6 Å². The van der Waals surface area contributed by atoms with E-state index >= 15 is 0 Å². The summed E-state index contributed by atoms with van der Waals surface area (Å²) in [6, 6.07) is 0. The van der Waals surface area contributed by atoms with Crippen molar-refractivity contribution >= 4 is 27.3 Å². The van der Waals surface area contributed by atoms with Crippen molar-refractivity contribution in [2.24, 2.45) is 0 Å². The number of aliphatic hydroxyl groups excluding tert-OH is 1. The summed E-state index contributed by atoms with van der Waals surface area (Å²) in [6.07, 6.45) is 0.318. The molecule has 0 aromatic carbocycles. The van der Waals surface area contributed by atoms with Crippen LogP contribution in [0.2, 0.25) is 0 Å². The molecule has 1 aromatic rings. The number of sulfonamides is 1. The van der Waals surface area contributed by atoms with Crippen molar-refractivity contribution in [3.63, 3.8) is 0 Å². The summed E-state index contributed by atoms with van der Waals surface area (Å²) in [4.78, 5) is 10.8. The molecular formula is C11H17NO5S2. The Labute approximate surface area is 116 Å². The quantitative estimate of drug-likeness (QED) is 0.788. The number of nitrogens with zero attached hydrogens (tertiary/aromatic N) is 1. The lowest BCUT2D eigenvalue weighted by atomic mass is 10.3. The molecule has 0 unspecified atom stereocenters. The third-order valence-electron chi connectivity index (χ3n) is 2.63. The molecule has 1 rings (SSSR count). The molecule has 0 radical (unpaired) electrons. The number of hydrogen-bond donors (Lipinski definition) is 2. The van der Waals surface area contributed by atoms with E-state index in [0.717, 1.165) is 11.3 Å². The van der Waals surface area contributed by atoms with Gasteiger partial charge in [0.25, 0.3) is 0 Å². The van der Waals surface area contributed by atoms with Crippen LogP contribution in [0.4, 0.5) is 0 Å². The molecule has 6 nitrogen and oxygen atoms in total. The van der Waals surface area contributed by atoms with Crippen LogP contribution in [-0.4, -0.2) is 48.6 Å². The Morgan fingerprint density at radius 2 is 2.11 bits per heavy atom. The second-order valence-corrected chi connectivity index (χ2v) is 6.71. The molecule has 0 fully saturated rings. The number of thiophene rings is 1. The van der Waals surface area contributed by atoms with Crippen LogP contribution in [-0.2, 0) is 10.0 Å². The summed E-state index contributed by atoms with van der Waals surface area (Å²) in [5.74, 6) is -1.24. The highest BCUT2D eigenvalue weighted by Gasteiger charge is 2.31. The van der Waals surface area contributed by atoms with Gasteiger partial charge in [0.05, 0.1) is 0 Å². The first-order valence-corrected chi connectivity index (χ1v) is 8.10. The van der Waals surface area contributed by atoms with Gasteiger partial charge in [-0.1, -0.05) is 6.92 Å². The first-order valence-electron chi connectivity index (χ1n) is 5.78. The maximum atomic E-state index is 12.5. The molecule has 0 atom stereocenters. The predicted octanol–water partition coefficient (Wildman–Crippen LogP) is 1.15. The van der Waals surface area contributed by atoms with Crippen LogP contribution in [0.15, 0.2) is 10.3 Å². The number of aliphatic hydroxyl groups is 1. The second kappa shape index (κ2) is 6.47. The molecule has 108 valence electrons. The highest BCUT2D eigenvalue weighted by molar-refractivity contribution is 7.89. The molecule has 0 saturated carbocycles. The smallest absolute Gasteiger partial charge is 0.347 e. The van der Waals surface area contributed by atoms with E-state index in [-0.39, 0.29) is 29.5 Å². The van der Waals surface area contributed by atoms with Gasteiger partial charge >= 0.3 is 5.97 Å². The van der Waals surface area contributed by atoms with E-state index in [0.29, 0.717) is 12.0 Å². The van der Waals surface area contributed by atoms with Gasteiger partial charge in [0.15, 0.2) is 0 Å². The van der Waals surface area contributed by atoms with Gasteiger partial charge in [0, 0.05) is 19.7 Å². The van der Waals surface area contributed by atoms with Crippen molar-refractivity contribution in [1.82, 2.24) is 4.31 Å². The SMILES string of the molecule is CCN(CCCO)S(=O)(=O)c1c(C)csc1C(=O)O. The van der Waals surface area contributed by atoms with Crippen LogP contribution in [0, 0.1) is 6.92 Å². The first-order chi connectivity index (χ1) is 8.86. The maximum Gasteiger partial charge on any atom is 0.347 e. The monoisotopic (exact) mass is 307 g/mol. The number of carboxylic acid groups (broad SMARTS) is 1. The summed E-state index contributed by atoms with van der Waals surface area (Å²) in [7, 11) is -3.83. The summed E-state index contributed by atoms with van der Waals surface area (Å²) >= 11 is 0.908. The fraction of sp³-hybridized carbons (Fsp3) is 0.545. The van der Waals surface area contributed by atoms with Gasteiger partial charge in [-0.25, -0.2) is 13.2 Å². The molecule has 0 aliphatic rings. The number of aromatic carboxylic acids is 1. The minimum Gasteiger partial charge on any atom is -0.477 e. The molecule has 8 heteroatoms. The Kier molecular flexibility index (Phi) is 5.48. The van der Waals surface area contributed by atoms with Crippen molar-refractivity contribution < 1.29 is 23.4 Å². The molecule has 1 aromatic heterocycles. The van der Waals surface area contributed by atoms with Gasteiger partial charge in [-0.3, -0.25) is 0 Å². The second-order valence-electron chi connectivity index (χ2n) is 3.96. The van der Waals surface area contributed by atoms with Crippen LogP contribution >= 0.6 is 11.3 Å². The molecule has 19 heavy (non-hydrogen) atoms. The van der Waals surface area contributed by atoms with Gasteiger partial charge in [-0.15, -0.1) is 11.3 Å². The fourth-order valence-electron chi connectivity index (χ4n) is 1.73. The summed E-state index contributed by atoms with van der Waals surface area (Å²) < 4.78 is 26.1. The van der Waals surface area contributed by atoms with Gasteiger partial charge in [-0.2, -0.15) is 4.31 Å². The Hall–Kier alpha value is -0.960. The average Bonchev–Trinajstić information content (AvgIpc) is 2.72. The largest absolute Gasteiger partial charge is 0.477 e. The zero-order valence-electron chi connectivity index (χ0n) is 10.8. The number of carboxylic acids is 1. The molecule has 0 amide bonds. The topological polar surface area (TPSA) is 94.9 Å². The zero-order chi connectivity index (χ0) is 14.6. The third-order valence-corrected chi connectivity index (χ3v) is 6.01. The molecule has 1 heterocycles. The average molecular weight is 307 g/mol. The minimum absolute atomic E-state index is 0.111. The lowest BCUT2D eigenvalue weighted by Crippen LogP contribution is -2.33. The molecule has 0 spiro atoms. The van der Waals surface area contributed by atoms with Crippen LogP contribution in [0.3, 0.4) is 0 Å². The Balaban J connectivity index is 3.25. The van der Waals surface area contributed by atoms with Crippen LogP contribution in [0.25, 0.3) is 0 Å². The van der Waals surface area contributed by atoms with Gasteiger partial charge in [0.1, 0.15) is 9.77 Å². The van der Waals surface area contributed by atoms with Crippen molar-refractivity contribution in [2.45, 2.75) is 25.2 Å². The number of carbonyl (C=O) groups is 1. The minimum atomic E-state index is -3.83. The highest BCUT2D eigenvalue weighted by Crippen LogP contribution is 2.29. The first kappa shape index (κ1) is 16.1.